The fourth-order valence-electron chi connectivity index (χ4n) is 3.75. The monoisotopic (exact) mass is 383 g/mol. The average molecular weight is 383 g/mol. The molecule has 1 atom stereocenters. The Bertz CT molecular complexity index is 809. The van der Waals surface area contributed by atoms with Crippen molar-refractivity contribution in [3.05, 3.63) is 47.8 Å². The zero-order valence-electron chi connectivity index (χ0n) is 16.9. The standard InChI is InChI=1S/C22H29N3O3/c1-4-17-7-5-6-12-25(17)18-10-11-23-19(14-18)22(26)24-15-16-8-9-20(27-2)21(13-16)28-3/h8-11,13-14,17H,4-7,12,15H2,1-3H3,(H,24,26). The second-order valence-electron chi connectivity index (χ2n) is 7.02. The third kappa shape index (κ3) is 4.55. The molecule has 1 amide bonds. The van der Waals surface area contributed by atoms with Gasteiger partial charge in [-0.1, -0.05) is 13.0 Å². The highest BCUT2D eigenvalue weighted by atomic mass is 16.5. The average Bonchev–Trinajstić information content (AvgIpc) is 2.77. The van der Waals surface area contributed by atoms with Crippen molar-refractivity contribution in [3.63, 3.8) is 0 Å². The van der Waals surface area contributed by atoms with Crippen LogP contribution in [0.5, 0.6) is 11.5 Å². The largest absolute Gasteiger partial charge is 0.493 e. The molecule has 6 nitrogen and oxygen atoms in total. The Labute approximate surface area is 166 Å². The summed E-state index contributed by atoms with van der Waals surface area (Å²) in [4.78, 5) is 19.3. The summed E-state index contributed by atoms with van der Waals surface area (Å²) >= 11 is 0. The summed E-state index contributed by atoms with van der Waals surface area (Å²) in [5.74, 6) is 1.13. The molecule has 1 saturated heterocycles. The molecule has 1 aliphatic heterocycles. The summed E-state index contributed by atoms with van der Waals surface area (Å²) in [6.45, 7) is 3.66. The predicted molar refractivity (Wildman–Crippen MR) is 110 cm³/mol. The van der Waals surface area contributed by atoms with Crippen LogP contribution in [0.1, 0.15) is 48.7 Å². The number of nitrogens with one attached hydrogen (secondary N) is 1. The molecule has 0 spiro atoms. The molecule has 0 aliphatic carbocycles. The summed E-state index contributed by atoms with van der Waals surface area (Å²) in [7, 11) is 3.20. The number of pyridine rings is 1. The van der Waals surface area contributed by atoms with Gasteiger partial charge in [-0.15, -0.1) is 0 Å². The van der Waals surface area contributed by atoms with Crippen molar-refractivity contribution in [1.29, 1.82) is 0 Å². The van der Waals surface area contributed by atoms with Crippen molar-refractivity contribution in [1.82, 2.24) is 10.3 Å². The Morgan fingerprint density at radius 3 is 2.75 bits per heavy atom. The number of nitrogens with zero attached hydrogens (tertiary/aromatic N) is 2. The van der Waals surface area contributed by atoms with Gasteiger partial charge in [0, 0.05) is 31.0 Å². The molecule has 0 radical (unpaired) electrons. The number of methoxy groups -OCH3 is 2. The summed E-state index contributed by atoms with van der Waals surface area (Å²) in [5.41, 5.74) is 2.46. The van der Waals surface area contributed by atoms with E-state index in [2.05, 4.69) is 22.1 Å². The van der Waals surface area contributed by atoms with Crippen molar-refractivity contribution in [2.75, 3.05) is 25.7 Å². The quantitative estimate of drug-likeness (QED) is 0.788. The molecule has 150 valence electrons. The minimum atomic E-state index is -0.179. The highest BCUT2D eigenvalue weighted by Crippen LogP contribution is 2.28. The number of anilines is 1. The van der Waals surface area contributed by atoms with Crippen LogP contribution < -0.4 is 19.7 Å². The molecular formula is C22H29N3O3. The van der Waals surface area contributed by atoms with Crippen LogP contribution >= 0.6 is 0 Å². The van der Waals surface area contributed by atoms with Gasteiger partial charge < -0.3 is 19.7 Å². The number of aromatic nitrogens is 1. The molecule has 1 aromatic carbocycles. The van der Waals surface area contributed by atoms with E-state index in [-0.39, 0.29) is 5.91 Å². The van der Waals surface area contributed by atoms with Gasteiger partial charge in [0.1, 0.15) is 5.69 Å². The molecule has 0 saturated carbocycles. The van der Waals surface area contributed by atoms with Gasteiger partial charge in [-0.3, -0.25) is 9.78 Å². The summed E-state index contributed by atoms with van der Waals surface area (Å²) < 4.78 is 10.6. The number of ether oxygens (including phenoxy) is 2. The van der Waals surface area contributed by atoms with Crippen molar-refractivity contribution in [2.45, 2.75) is 45.2 Å². The van der Waals surface area contributed by atoms with Gasteiger partial charge in [0.15, 0.2) is 11.5 Å². The third-order valence-electron chi connectivity index (χ3n) is 5.31. The number of benzene rings is 1. The number of piperidine rings is 1. The smallest absolute Gasteiger partial charge is 0.270 e. The van der Waals surface area contributed by atoms with Gasteiger partial charge >= 0.3 is 0 Å². The van der Waals surface area contributed by atoms with Gasteiger partial charge in [0.25, 0.3) is 5.91 Å². The second kappa shape index (κ2) is 9.44. The van der Waals surface area contributed by atoms with Gasteiger partial charge in [0.05, 0.1) is 14.2 Å². The molecule has 0 bridgehead atoms. The van der Waals surface area contributed by atoms with Crippen molar-refractivity contribution >= 4 is 11.6 Å². The first kappa shape index (κ1) is 20.0. The number of hydrogen-bond donors (Lipinski definition) is 1. The van der Waals surface area contributed by atoms with E-state index < -0.39 is 0 Å². The van der Waals surface area contributed by atoms with E-state index in [0.717, 1.165) is 24.2 Å². The minimum absolute atomic E-state index is 0.179. The molecule has 28 heavy (non-hydrogen) atoms. The fraction of sp³-hybridized carbons (Fsp3) is 0.455. The van der Waals surface area contributed by atoms with Crippen LogP contribution in [-0.2, 0) is 6.54 Å². The van der Waals surface area contributed by atoms with Crippen molar-refractivity contribution in [3.8, 4) is 11.5 Å². The molecular weight excluding hydrogens is 354 g/mol. The van der Waals surface area contributed by atoms with E-state index in [4.69, 9.17) is 9.47 Å². The van der Waals surface area contributed by atoms with Crippen LogP contribution in [0.3, 0.4) is 0 Å². The maximum Gasteiger partial charge on any atom is 0.270 e. The maximum absolute atomic E-state index is 12.6. The van der Waals surface area contributed by atoms with Crippen LogP contribution in [0, 0.1) is 0 Å². The molecule has 6 heteroatoms. The molecule has 1 N–H and O–H groups in total. The Kier molecular flexibility index (Phi) is 6.74. The van der Waals surface area contributed by atoms with E-state index in [1.165, 1.54) is 19.3 Å². The van der Waals surface area contributed by atoms with E-state index in [1.54, 1.807) is 20.4 Å². The zero-order chi connectivity index (χ0) is 19.9. The number of carbonyl (C=O) groups excluding carboxylic acids is 1. The SMILES string of the molecule is CCC1CCCCN1c1ccnc(C(=O)NCc2ccc(OC)c(OC)c2)c1. The van der Waals surface area contributed by atoms with E-state index in [1.807, 2.05) is 30.3 Å². The summed E-state index contributed by atoms with van der Waals surface area (Å²) in [6, 6.07) is 10.0. The first-order valence-electron chi connectivity index (χ1n) is 9.88. The lowest BCUT2D eigenvalue weighted by molar-refractivity contribution is 0.0946. The van der Waals surface area contributed by atoms with Gasteiger partial charge in [-0.2, -0.15) is 0 Å². The molecule has 2 aromatic rings. The predicted octanol–water partition coefficient (Wildman–Crippen LogP) is 3.80. The first-order chi connectivity index (χ1) is 13.7. The number of carbonyl (C=O) groups is 1. The Morgan fingerprint density at radius 1 is 1.18 bits per heavy atom. The fourth-order valence-corrected chi connectivity index (χ4v) is 3.75. The Morgan fingerprint density at radius 2 is 2.00 bits per heavy atom. The Balaban J connectivity index is 1.68. The second-order valence-corrected chi connectivity index (χ2v) is 7.02. The highest BCUT2D eigenvalue weighted by Gasteiger charge is 2.22. The molecule has 1 fully saturated rings. The highest BCUT2D eigenvalue weighted by molar-refractivity contribution is 5.93. The van der Waals surface area contributed by atoms with Crippen LogP contribution in [0.15, 0.2) is 36.5 Å². The Hall–Kier alpha value is -2.76. The lowest BCUT2D eigenvalue weighted by Crippen LogP contribution is -2.39. The van der Waals surface area contributed by atoms with E-state index in [0.29, 0.717) is 29.8 Å². The maximum atomic E-state index is 12.6. The lowest BCUT2D eigenvalue weighted by Gasteiger charge is -2.37. The lowest BCUT2D eigenvalue weighted by atomic mass is 9.99. The molecule has 1 unspecified atom stereocenters. The van der Waals surface area contributed by atoms with Crippen LogP contribution in [0.2, 0.25) is 0 Å². The molecule has 3 rings (SSSR count). The van der Waals surface area contributed by atoms with Crippen LogP contribution in [0.4, 0.5) is 5.69 Å². The molecule has 2 heterocycles. The number of hydrogen-bond acceptors (Lipinski definition) is 5. The molecule has 1 aliphatic rings. The van der Waals surface area contributed by atoms with Gasteiger partial charge in [-0.25, -0.2) is 0 Å². The first-order valence-corrected chi connectivity index (χ1v) is 9.88. The third-order valence-corrected chi connectivity index (χ3v) is 5.31. The minimum Gasteiger partial charge on any atom is -0.493 e. The summed E-state index contributed by atoms with van der Waals surface area (Å²) in [6.07, 6.45) is 6.52. The summed E-state index contributed by atoms with van der Waals surface area (Å²) in [5, 5.41) is 2.94. The van der Waals surface area contributed by atoms with Crippen molar-refractivity contribution < 1.29 is 14.3 Å². The van der Waals surface area contributed by atoms with Crippen LogP contribution in [-0.4, -0.2) is 37.7 Å². The van der Waals surface area contributed by atoms with Gasteiger partial charge in [-0.05, 0) is 55.5 Å². The molecule has 1 aromatic heterocycles. The van der Waals surface area contributed by atoms with Gasteiger partial charge in [0.2, 0.25) is 0 Å². The zero-order valence-corrected chi connectivity index (χ0v) is 16.9. The van der Waals surface area contributed by atoms with Crippen molar-refractivity contribution in [2.24, 2.45) is 0 Å². The normalized spacial score (nSPS) is 16.5. The van der Waals surface area contributed by atoms with Crippen LogP contribution in [0.25, 0.3) is 0 Å². The number of rotatable bonds is 7. The topological polar surface area (TPSA) is 63.7 Å². The van der Waals surface area contributed by atoms with E-state index >= 15 is 0 Å². The number of amides is 1. The van der Waals surface area contributed by atoms with E-state index in [9.17, 15) is 4.79 Å².